The standard InChI is InChI=1S/C8H8ClNO3.Na/c1-13-7-3-6(10)5(9)2-4(7)8(11)12;/h2-3H,10H2,1H3,(H,11,12);/q;+1/p-1. The van der Waals surface area contributed by atoms with E-state index >= 15 is 0 Å². The Morgan fingerprint density at radius 3 is 2.57 bits per heavy atom. The van der Waals surface area contributed by atoms with E-state index in [9.17, 15) is 9.90 Å². The summed E-state index contributed by atoms with van der Waals surface area (Å²) in [5.74, 6) is -1.21. The minimum atomic E-state index is -1.35. The van der Waals surface area contributed by atoms with Crippen LogP contribution in [0.3, 0.4) is 0 Å². The first-order chi connectivity index (χ1) is 6.06. The van der Waals surface area contributed by atoms with Gasteiger partial charge in [0, 0.05) is 11.6 Å². The van der Waals surface area contributed by atoms with Crippen LogP contribution in [0.4, 0.5) is 5.69 Å². The first-order valence-electron chi connectivity index (χ1n) is 3.40. The molecule has 0 aliphatic heterocycles. The van der Waals surface area contributed by atoms with Crippen molar-refractivity contribution in [3.05, 3.63) is 22.7 Å². The van der Waals surface area contributed by atoms with Crippen molar-refractivity contribution >= 4 is 23.3 Å². The SMILES string of the molecule is COc1cc(N)c(Cl)cc1C(=O)[O-].[Na+]. The molecule has 70 valence electrons. The van der Waals surface area contributed by atoms with E-state index in [1.807, 2.05) is 0 Å². The minimum absolute atomic E-state index is 0. The maximum Gasteiger partial charge on any atom is 1.00 e. The zero-order chi connectivity index (χ0) is 10.0. The molecule has 0 heterocycles. The molecule has 1 aromatic rings. The number of carboxylic acids is 1. The normalized spacial score (nSPS) is 9.00. The third-order valence-electron chi connectivity index (χ3n) is 1.54. The van der Waals surface area contributed by atoms with E-state index < -0.39 is 5.97 Å². The monoisotopic (exact) mass is 223 g/mol. The van der Waals surface area contributed by atoms with Gasteiger partial charge in [-0.15, -0.1) is 0 Å². The number of carboxylic acid groups (broad SMARTS) is 1. The molecule has 0 aliphatic carbocycles. The number of methoxy groups -OCH3 is 1. The molecule has 0 saturated heterocycles. The Morgan fingerprint density at radius 2 is 2.14 bits per heavy atom. The number of hydrogen-bond acceptors (Lipinski definition) is 4. The predicted molar refractivity (Wildman–Crippen MR) is 46.7 cm³/mol. The molecule has 1 rings (SSSR count). The fourth-order valence-corrected chi connectivity index (χ4v) is 1.06. The van der Waals surface area contributed by atoms with Crippen molar-refractivity contribution in [3.8, 4) is 5.75 Å². The number of hydrogen-bond donors (Lipinski definition) is 1. The summed E-state index contributed by atoms with van der Waals surface area (Å²) < 4.78 is 4.78. The van der Waals surface area contributed by atoms with Crippen LogP contribution in [-0.2, 0) is 0 Å². The van der Waals surface area contributed by atoms with Crippen molar-refractivity contribution in [3.63, 3.8) is 0 Å². The molecular weight excluding hydrogens is 217 g/mol. The third-order valence-corrected chi connectivity index (χ3v) is 1.87. The van der Waals surface area contributed by atoms with Gasteiger partial charge in [-0.25, -0.2) is 0 Å². The zero-order valence-corrected chi connectivity index (χ0v) is 10.6. The number of rotatable bonds is 2. The summed E-state index contributed by atoms with van der Waals surface area (Å²) in [6.45, 7) is 0. The number of anilines is 1. The number of nitrogens with two attached hydrogens (primary N) is 1. The number of carbonyl (C=O) groups excluding carboxylic acids is 1. The molecule has 0 amide bonds. The van der Waals surface area contributed by atoms with Crippen molar-refractivity contribution < 1.29 is 44.2 Å². The van der Waals surface area contributed by atoms with Crippen molar-refractivity contribution in [2.75, 3.05) is 12.8 Å². The van der Waals surface area contributed by atoms with Gasteiger partial charge < -0.3 is 20.4 Å². The van der Waals surface area contributed by atoms with E-state index in [2.05, 4.69) is 0 Å². The maximum absolute atomic E-state index is 10.6. The van der Waals surface area contributed by atoms with Crippen LogP contribution in [0.5, 0.6) is 5.75 Å². The van der Waals surface area contributed by atoms with Gasteiger partial charge in [0.1, 0.15) is 5.75 Å². The minimum Gasteiger partial charge on any atom is -0.545 e. The Labute approximate surface area is 108 Å². The number of nitrogen functional groups attached to an aromatic ring is 1. The molecule has 2 N–H and O–H groups in total. The van der Waals surface area contributed by atoms with Gasteiger partial charge in [-0.2, -0.15) is 0 Å². The van der Waals surface area contributed by atoms with Gasteiger partial charge in [-0.3, -0.25) is 0 Å². The summed E-state index contributed by atoms with van der Waals surface area (Å²) >= 11 is 5.62. The van der Waals surface area contributed by atoms with Crippen molar-refractivity contribution in [2.45, 2.75) is 0 Å². The zero-order valence-electron chi connectivity index (χ0n) is 7.83. The third kappa shape index (κ3) is 2.78. The van der Waals surface area contributed by atoms with E-state index in [0.717, 1.165) is 0 Å². The summed E-state index contributed by atoms with van der Waals surface area (Å²) in [5.41, 5.74) is 5.60. The van der Waals surface area contributed by atoms with Gasteiger partial charge in [0.25, 0.3) is 0 Å². The Bertz CT molecular complexity index is 357. The van der Waals surface area contributed by atoms with Crippen LogP contribution in [0.15, 0.2) is 12.1 Å². The molecular formula is C8H7ClNNaO3. The Balaban J connectivity index is 0.00000169. The molecule has 14 heavy (non-hydrogen) atoms. The second-order valence-electron chi connectivity index (χ2n) is 2.36. The Morgan fingerprint density at radius 1 is 1.57 bits per heavy atom. The average Bonchev–Trinajstić information content (AvgIpc) is 2.08. The number of ether oxygens (including phenoxy) is 1. The largest absolute Gasteiger partial charge is 1.00 e. The van der Waals surface area contributed by atoms with Gasteiger partial charge in [0.2, 0.25) is 0 Å². The summed E-state index contributed by atoms with van der Waals surface area (Å²) in [6.07, 6.45) is 0. The fraction of sp³-hybridized carbons (Fsp3) is 0.125. The first-order valence-corrected chi connectivity index (χ1v) is 3.78. The van der Waals surface area contributed by atoms with Crippen LogP contribution in [0.2, 0.25) is 5.02 Å². The number of benzene rings is 1. The van der Waals surface area contributed by atoms with Crippen LogP contribution < -0.4 is 45.1 Å². The predicted octanol–water partition coefficient (Wildman–Crippen LogP) is -2.70. The van der Waals surface area contributed by atoms with E-state index in [4.69, 9.17) is 22.1 Å². The van der Waals surface area contributed by atoms with Crippen molar-refractivity contribution in [2.24, 2.45) is 0 Å². The van der Waals surface area contributed by atoms with Crippen molar-refractivity contribution in [1.29, 1.82) is 0 Å². The number of halogens is 1. The van der Waals surface area contributed by atoms with Crippen LogP contribution in [-0.4, -0.2) is 13.1 Å². The van der Waals surface area contributed by atoms with E-state index in [0.29, 0.717) is 0 Å². The number of carbonyl (C=O) groups is 1. The van der Waals surface area contributed by atoms with E-state index in [1.165, 1.54) is 19.2 Å². The summed E-state index contributed by atoms with van der Waals surface area (Å²) in [6, 6.07) is 2.54. The smallest absolute Gasteiger partial charge is 0.545 e. The number of aromatic carboxylic acids is 1. The topological polar surface area (TPSA) is 75.4 Å². The molecule has 0 atom stereocenters. The molecule has 0 aliphatic rings. The fourth-order valence-electron chi connectivity index (χ4n) is 0.898. The first kappa shape index (κ1) is 13.6. The second kappa shape index (κ2) is 5.46. The average molecular weight is 224 g/mol. The second-order valence-corrected chi connectivity index (χ2v) is 2.77. The molecule has 0 spiro atoms. The summed E-state index contributed by atoms with van der Waals surface area (Å²) in [7, 11) is 1.34. The van der Waals surface area contributed by atoms with Crippen LogP contribution >= 0.6 is 11.6 Å². The molecule has 0 saturated carbocycles. The Kier molecular flexibility index (Phi) is 5.29. The molecule has 0 aromatic heterocycles. The summed E-state index contributed by atoms with van der Waals surface area (Å²) in [5, 5.41) is 10.7. The van der Waals surface area contributed by atoms with E-state index in [-0.39, 0.29) is 51.6 Å². The molecule has 0 unspecified atom stereocenters. The molecule has 0 radical (unpaired) electrons. The molecule has 0 fully saturated rings. The van der Waals surface area contributed by atoms with Gasteiger partial charge in [0.05, 0.1) is 23.8 Å². The Hall–Kier alpha value is -0.420. The van der Waals surface area contributed by atoms with Gasteiger partial charge in [-0.1, -0.05) is 11.6 Å². The van der Waals surface area contributed by atoms with E-state index in [1.54, 1.807) is 0 Å². The molecule has 6 heteroatoms. The van der Waals surface area contributed by atoms with Gasteiger partial charge in [0.15, 0.2) is 0 Å². The van der Waals surface area contributed by atoms with Gasteiger partial charge in [-0.05, 0) is 6.07 Å². The van der Waals surface area contributed by atoms with Gasteiger partial charge >= 0.3 is 29.6 Å². The maximum atomic E-state index is 10.6. The van der Waals surface area contributed by atoms with Crippen LogP contribution in [0.25, 0.3) is 0 Å². The van der Waals surface area contributed by atoms with Crippen LogP contribution in [0, 0.1) is 0 Å². The molecule has 1 aromatic carbocycles. The quantitative estimate of drug-likeness (QED) is 0.437. The molecule has 4 nitrogen and oxygen atoms in total. The van der Waals surface area contributed by atoms with Crippen LogP contribution in [0.1, 0.15) is 10.4 Å². The molecule has 0 bridgehead atoms. The summed E-state index contributed by atoms with van der Waals surface area (Å²) in [4.78, 5) is 10.6. The van der Waals surface area contributed by atoms with Crippen molar-refractivity contribution in [1.82, 2.24) is 0 Å².